The number of aliphatic hydroxyl groups is 1. The van der Waals surface area contributed by atoms with Crippen molar-refractivity contribution in [3.8, 4) is 11.5 Å². The fourth-order valence-electron chi connectivity index (χ4n) is 1.75. The number of rotatable bonds is 4. The minimum absolute atomic E-state index is 0.0434. The normalized spacial score (nSPS) is 10.3. The van der Waals surface area contributed by atoms with Crippen LogP contribution in [0.2, 0.25) is 0 Å². The number of hydrogen-bond donors (Lipinski definition) is 1. The number of nitro groups is 1. The third-order valence-electron chi connectivity index (χ3n) is 2.72. The van der Waals surface area contributed by atoms with Crippen molar-refractivity contribution in [2.45, 2.75) is 13.5 Å². The standard InChI is InChI=1S/C14H12FNO4/c1-9-2-4-14(12(6-9)16(18)19)20-13-5-3-11(15)7-10(13)8-17/h2-7,17H,8H2,1H3. The molecule has 0 saturated heterocycles. The molecule has 0 bridgehead atoms. The number of aryl methyl sites for hydroxylation is 1. The molecule has 5 nitrogen and oxygen atoms in total. The molecule has 0 aliphatic heterocycles. The summed E-state index contributed by atoms with van der Waals surface area (Å²) in [6, 6.07) is 8.13. The molecule has 0 unspecified atom stereocenters. The molecule has 0 aliphatic carbocycles. The van der Waals surface area contributed by atoms with E-state index >= 15 is 0 Å². The molecule has 2 rings (SSSR count). The molecule has 0 spiro atoms. The molecule has 2 aromatic carbocycles. The Morgan fingerprint density at radius 1 is 1.25 bits per heavy atom. The van der Waals surface area contributed by atoms with Crippen molar-refractivity contribution >= 4 is 5.69 Å². The lowest BCUT2D eigenvalue weighted by Crippen LogP contribution is -1.97. The van der Waals surface area contributed by atoms with E-state index in [0.29, 0.717) is 0 Å². The van der Waals surface area contributed by atoms with Gasteiger partial charge in [0.1, 0.15) is 11.6 Å². The zero-order valence-electron chi connectivity index (χ0n) is 10.7. The van der Waals surface area contributed by atoms with E-state index in [9.17, 15) is 14.5 Å². The third-order valence-corrected chi connectivity index (χ3v) is 2.72. The van der Waals surface area contributed by atoms with E-state index in [0.717, 1.165) is 17.7 Å². The lowest BCUT2D eigenvalue weighted by molar-refractivity contribution is -0.385. The second-order valence-corrected chi connectivity index (χ2v) is 4.24. The average Bonchev–Trinajstić information content (AvgIpc) is 2.42. The first-order valence-corrected chi connectivity index (χ1v) is 5.83. The Hall–Kier alpha value is -2.47. The molecular formula is C14H12FNO4. The van der Waals surface area contributed by atoms with Gasteiger partial charge in [-0.3, -0.25) is 10.1 Å². The zero-order chi connectivity index (χ0) is 14.7. The fraction of sp³-hybridized carbons (Fsp3) is 0.143. The number of nitro benzene ring substituents is 1. The molecule has 6 heteroatoms. The first-order chi connectivity index (χ1) is 9.51. The fourth-order valence-corrected chi connectivity index (χ4v) is 1.75. The summed E-state index contributed by atoms with van der Waals surface area (Å²) in [4.78, 5) is 10.4. The zero-order valence-corrected chi connectivity index (χ0v) is 10.7. The Bertz CT molecular complexity index is 658. The van der Waals surface area contributed by atoms with Gasteiger partial charge in [-0.15, -0.1) is 0 Å². The quantitative estimate of drug-likeness (QED) is 0.687. The van der Waals surface area contributed by atoms with Crippen LogP contribution in [-0.2, 0) is 6.61 Å². The van der Waals surface area contributed by atoms with Crippen LogP contribution in [0.5, 0.6) is 11.5 Å². The number of ether oxygens (including phenoxy) is 1. The summed E-state index contributed by atoms with van der Waals surface area (Å²) in [6.07, 6.45) is 0. The van der Waals surface area contributed by atoms with Crippen LogP contribution < -0.4 is 4.74 Å². The Labute approximate surface area is 114 Å². The summed E-state index contributed by atoms with van der Waals surface area (Å²) in [6.45, 7) is 1.31. The minimum atomic E-state index is -0.551. The Morgan fingerprint density at radius 3 is 2.60 bits per heavy atom. The van der Waals surface area contributed by atoms with Crippen LogP contribution in [0.1, 0.15) is 11.1 Å². The van der Waals surface area contributed by atoms with Crippen LogP contribution >= 0.6 is 0 Å². The third kappa shape index (κ3) is 2.92. The molecule has 104 valence electrons. The average molecular weight is 277 g/mol. The SMILES string of the molecule is Cc1ccc(Oc2ccc(F)cc2CO)c([N+](=O)[O-])c1. The maximum Gasteiger partial charge on any atom is 0.311 e. The van der Waals surface area contributed by atoms with Crippen LogP contribution in [-0.4, -0.2) is 10.0 Å². The number of nitrogens with zero attached hydrogens (tertiary/aromatic N) is 1. The highest BCUT2D eigenvalue weighted by molar-refractivity contribution is 5.51. The van der Waals surface area contributed by atoms with Crippen LogP contribution in [0, 0.1) is 22.9 Å². The second-order valence-electron chi connectivity index (χ2n) is 4.24. The monoisotopic (exact) mass is 277 g/mol. The first-order valence-electron chi connectivity index (χ1n) is 5.83. The van der Waals surface area contributed by atoms with E-state index in [4.69, 9.17) is 9.84 Å². The van der Waals surface area contributed by atoms with Gasteiger partial charge in [0, 0.05) is 11.6 Å². The van der Waals surface area contributed by atoms with Crippen molar-refractivity contribution in [1.82, 2.24) is 0 Å². The van der Waals surface area contributed by atoms with Gasteiger partial charge < -0.3 is 9.84 Å². The van der Waals surface area contributed by atoms with Crippen molar-refractivity contribution in [3.05, 3.63) is 63.5 Å². The number of aliphatic hydroxyl groups excluding tert-OH is 1. The Balaban J connectivity index is 2.42. The molecule has 0 amide bonds. The van der Waals surface area contributed by atoms with E-state index in [-0.39, 0.29) is 22.7 Å². The molecule has 0 fully saturated rings. The van der Waals surface area contributed by atoms with E-state index in [2.05, 4.69) is 0 Å². The maximum absolute atomic E-state index is 13.1. The molecule has 20 heavy (non-hydrogen) atoms. The summed E-state index contributed by atoms with van der Waals surface area (Å²) in [5, 5.41) is 20.2. The van der Waals surface area contributed by atoms with Crippen molar-refractivity contribution in [1.29, 1.82) is 0 Å². The lowest BCUT2D eigenvalue weighted by atomic mass is 10.2. The van der Waals surface area contributed by atoms with Crippen molar-refractivity contribution in [2.24, 2.45) is 0 Å². The van der Waals surface area contributed by atoms with Gasteiger partial charge in [0.15, 0.2) is 0 Å². The van der Waals surface area contributed by atoms with E-state index in [1.165, 1.54) is 18.2 Å². The van der Waals surface area contributed by atoms with Crippen molar-refractivity contribution in [3.63, 3.8) is 0 Å². The molecular weight excluding hydrogens is 265 g/mol. The first kappa shape index (κ1) is 14.0. The summed E-state index contributed by atoms with van der Waals surface area (Å²) in [5.41, 5.74) is 0.767. The minimum Gasteiger partial charge on any atom is -0.450 e. The number of hydrogen-bond acceptors (Lipinski definition) is 4. The summed E-state index contributed by atoms with van der Waals surface area (Å²) >= 11 is 0. The lowest BCUT2D eigenvalue weighted by Gasteiger charge is -2.10. The van der Waals surface area contributed by atoms with Gasteiger partial charge in [0.2, 0.25) is 5.75 Å². The van der Waals surface area contributed by atoms with E-state index in [1.54, 1.807) is 13.0 Å². The van der Waals surface area contributed by atoms with Gasteiger partial charge in [0.05, 0.1) is 11.5 Å². The van der Waals surface area contributed by atoms with Crippen LogP contribution in [0.4, 0.5) is 10.1 Å². The number of benzene rings is 2. The highest BCUT2D eigenvalue weighted by Crippen LogP contribution is 2.33. The molecule has 0 heterocycles. The van der Waals surface area contributed by atoms with Crippen LogP contribution in [0.15, 0.2) is 36.4 Å². The molecule has 0 aliphatic rings. The molecule has 2 aromatic rings. The van der Waals surface area contributed by atoms with E-state index in [1.807, 2.05) is 0 Å². The summed E-state index contributed by atoms with van der Waals surface area (Å²) in [7, 11) is 0. The number of halogens is 1. The van der Waals surface area contributed by atoms with Gasteiger partial charge in [-0.1, -0.05) is 6.07 Å². The van der Waals surface area contributed by atoms with Crippen molar-refractivity contribution < 1.29 is 19.2 Å². The summed E-state index contributed by atoms with van der Waals surface area (Å²) < 4.78 is 18.5. The van der Waals surface area contributed by atoms with Gasteiger partial charge in [0.25, 0.3) is 0 Å². The van der Waals surface area contributed by atoms with Crippen LogP contribution in [0.25, 0.3) is 0 Å². The predicted molar refractivity (Wildman–Crippen MR) is 70.2 cm³/mol. The van der Waals surface area contributed by atoms with E-state index < -0.39 is 17.3 Å². The topological polar surface area (TPSA) is 72.6 Å². The largest absolute Gasteiger partial charge is 0.450 e. The molecule has 0 radical (unpaired) electrons. The van der Waals surface area contributed by atoms with Gasteiger partial charge in [-0.2, -0.15) is 0 Å². The second kappa shape index (κ2) is 5.66. The molecule has 0 saturated carbocycles. The highest BCUT2D eigenvalue weighted by atomic mass is 19.1. The van der Waals surface area contributed by atoms with Crippen LogP contribution in [0.3, 0.4) is 0 Å². The highest BCUT2D eigenvalue weighted by Gasteiger charge is 2.17. The predicted octanol–water partition coefficient (Wildman–Crippen LogP) is 3.33. The Kier molecular flexibility index (Phi) is 3.95. The van der Waals surface area contributed by atoms with Crippen molar-refractivity contribution in [2.75, 3.05) is 0 Å². The molecule has 1 N–H and O–H groups in total. The smallest absolute Gasteiger partial charge is 0.311 e. The maximum atomic E-state index is 13.1. The van der Waals surface area contributed by atoms with Gasteiger partial charge in [-0.05, 0) is 36.8 Å². The van der Waals surface area contributed by atoms with Gasteiger partial charge in [-0.25, -0.2) is 4.39 Å². The van der Waals surface area contributed by atoms with Gasteiger partial charge >= 0.3 is 5.69 Å². The molecule has 0 atom stereocenters. The summed E-state index contributed by atoms with van der Waals surface area (Å²) in [5.74, 6) is -0.289. The molecule has 0 aromatic heterocycles. The Morgan fingerprint density at radius 2 is 1.95 bits per heavy atom.